The molecule has 0 radical (unpaired) electrons. The Labute approximate surface area is 192 Å². The lowest BCUT2D eigenvalue weighted by Crippen LogP contribution is -2.28. The smallest absolute Gasteiger partial charge is 0.229 e. The second-order valence-corrected chi connectivity index (χ2v) is 8.13. The van der Waals surface area contributed by atoms with Gasteiger partial charge in [-0.15, -0.1) is 10.2 Å². The van der Waals surface area contributed by atoms with E-state index in [9.17, 15) is 0 Å². The Balaban J connectivity index is 1.85. The number of hydrogen-bond acceptors (Lipinski definition) is 5. The second-order valence-electron chi connectivity index (χ2n) is 8.13. The molecule has 32 heavy (non-hydrogen) atoms. The van der Waals surface area contributed by atoms with Crippen LogP contribution in [0, 0.1) is 0 Å². The van der Waals surface area contributed by atoms with Gasteiger partial charge in [-0.1, -0.05) is 63.1 Å². The Kier molecular flexibility index (Phi) is 9.57. The summed E-state index contributed by atoms with van der Waals surface area (Å²) in [4.78, 5) is 2.45. The fourth-order valence-electron chi connectivity index (χ4n) is 3.69. The van der Waals surface area contributed by atoms with E-state index in [4.69, 9.17) is 9.47 Å². The minimum absolute atomic E-state index is 0.238. The first-order chi connectivity index (χ1) is 15.7. The summed E-state index contributed by atoms with van der Waals surface area (Å²) in [7, 11) is 0. The van der Waals surface area contributed by atoms with Crippen molar-refractivity contribution in [3.63, 3.8) is 0 Å². The van der Waals surface area contributed by atoms with Gasteiger partial charge in [-0.25, -0.2) is 0 Å². The van der Waals surface area contributed by atoms with Crippen molar-refractivity contribution in [3.05, 3.63) is 72.0 Å². The van der Waals surface area contributed by atoms with Crippen LogP contribution >= 0.6 is 0 Å². The van der Waals surface area contributed by atoms with Gasteiger partial charge in [0, 0.05) is 18.7 Å². The zero-order valence-electron chi connectivity index (χ0n) is 19.7. The van der Waals surface area contributed by atoms with Gasteiger partial charge in [0.15, 0.2) is 5.82 Å². The molecule has 0 aliphatic carbocycles. The second kappa shape index (κ2) is 12.9. The normalized spacial score (nSPS) is 18.4. The summed E-state index contributed by atoms with van der Waals surface area (Å²) in [5.74, 6) is 2.83. The highest BCUT2D eigenvalue weighted by Crippen LogP contribution is 2.20. The molecule has 1 aromatic heterocycles. The van der Waals surface area contributed by atoms with Gasteiger partial charge in [-0.3, -0.25) is 4.90 Å². The van der Waals surface area contributed by atoms with Crippen molar-refractivity contribution in [1.29, 1.82) is 0 Å². The summed E-state index contributed by atoms with van der Waals surface area (Å²) < 4.78 is 13.2. The first-order valence-corrected chi connectivity index (χ1v) is 11.7. The van der Waals surface area contributed by atoms with Crippen molar-refractivity contribution in [2.24, 2.45) is 0 Å². The van der Waals surface area contributed by atoms with Crippen LogP contribution in [0.5, 0.6) is 0 Å². The molecular formula is C26H36N4O2. The average molecular weight is 437 g/mol. The summed E-state index contributed by atoms with van der Waals surface area (Å²) in [5.41, 5.74) is 2.30. The molecule has 0 atom stereocenters. The van der Waals surface area contributed by atoms with Crippen LogP contribution in [0.25, 0.3) is 11.4 Å². The van der Waals surface area contributed by atoms with E-state index in [0.717, 1.165) is 74.8 Å². The molecule has 0 fully saturated rings. The maximum Gasteiger partial charge on any atom is 0.229 e. The number of nitrogens with zero attached hydrogens (tertiary/aromatic N) is 4. The summed E-state index contributed by atoms with van der Waals surface area (Å²) in [5, 5.41) is 9.21. The number of rotatable bonds is 11. The van der Waals surface area contributed by atoms with Gasteiger partial charge >= 0.3 is 0 Å². The monoisotopic (exact) mass is 436 g/mol. The zero-order valence-corrected chi connectivity index (χ0v) is 19.7. The molecule has 0 unspecified atom stereocenters. The van der Waals surface area contributed by atoms with Crippen molar-refractivity contribution < 1.29 is 9.47 Å². The molecule has 0 spiro atoms. The van der Waals surface area contributed by atoms with Crippen LogP contribution in [0.2, 0.25) is 0 Å². The quantitative estimate of drug-likeness (QED) is 0.452. The highest BCUT2D eigenvalue weighted by molar-refractivity contribution is 5.54. The van der Waals surface area contributed by atoms with E-state index in [1.807, 2.05) is 19.1 Å². The van der Waals surface area contributed by atoms with E-state index >= 15 is 0 Å². The van der Waals surface area contributed by atoms with Gasteiger partial charge in [0.2, 0.25) is 6.79 Å². The predicted octanol–water partition coefficient (Wildman–Crippen LogP) is 5.70. The number of hydrogen-bond donors (Lipinski definition) is 0. The molecule has 172 valence electrons. The highest BCUT2D eigenvalue weighted by Gasteiger charge is 2.17. The lowest BCUT2D eigenvalue weighted by atomic mass is 10.2. The SMILES string of the molecule is CCCCN(CC1=C/C=C/OCO\C(C)=C\1)Cc1nnc(-c2ccccc2)n1CCCC. The average Bonchev–Trinajstić information content (AvgIpc) is 3.24. The molecule has 3 rings (SSSR count). The van der Waals surface area contributed by atoms with Crippen LogP contribution in [0.3, 0.4) is 0 Å². The molecule has 1 aliphatic rings. The minimum atomic E-state index is 0.238. The third kappa shape index (κ3) is 7.09. The summed E-state index contributed by atoms with van der Waals surface area (Å²) in [6.45, 7) is 10.2. The van der Waals surface area contributed by atoms with E-state index in [0.29, 0.717) is 0 Å². The topological polar surface area (TPSA) is 52.4 Å². The van der Waals surface area contributed by atoms with E-state index in [1.165, 1.54) is 5.57 Å². The van der Waals surface area contributed by atoms with Crippen LogP contribution in [-0.2, 0) is 22.6 Å². The highest BCUT2D eigenvalue weighted by atomic mass is 16.7. The van der Waals surface area contributed by atoms with Crippen LogP contribution in [0.15, 0.2) is 66.2 Å². The fraction of sp³-hybridized carbons (Fsp3) is 0.462. The molecule has 0 N–H and O–H groups in total. The summed E-state index contributed by atoms with van der Waals surface area (Å²) in [6.07, 6.45) is 12.3. The Hall–Kier alpha value is -2.86. The molecule has 2 aromatic rings. The maximum absolute atomic E-state index is 5.59. The fourth-order valence-corrected chi connectivity index (χ4v) is 3.69. The number of benzene rings is 1. The Morgan fingerprint density at radius 2 is 1.84 bits per heavy atom. The Morgan fingerprint density at radius 1 is 1.03 bits per heavy atom. The Bertz CT molecular complexity index is 915. The van der Waals surface area contributed by atoms with Gasteiger partial charge in [-0.05, 0) is 44.0 Å². The van der Waals surface area contributed by atoms with E-state index < -0.39 is 0 Å². The van der Waals surface area contributed by atoms with Gasteiger partial charge in [0.1, 0.15) is 5.82 Å². The number of unbranched alkanes of at least 4 members (excludes halogenated alkanes) is 2. The van der Waals surface area contributed by atoms with Gasteiger partial charge in [0.25, 0.3) is 0 Å². The first kappa shape index (κ1) is 23.8. The summed E-state index contributed by atoms with van der Waals surface area (Å²) in [6, 6.07) is 10.4. The molecule has 1 aromatic carbocycles. The molecule has 2 heterocycles. The molecule has 0 saturated heterocycles. The van der Waals surface area contributed by atoms with Crippen molar-refractivity contribution >= 4 is 0 Å². The molecule has 6 nitrogen and oxygen atoms in total. The minimum Gasteiger partial charge on any atom is -0.465 e. The lowest BCUT2D eigenvalue weighted by Gasteiger charge is -2.23. The van der Waals surface area contributed by atoms with Crippen LogP contribution in [0.4, 0.5) is 0 Å². The number of ether oxygens (including phenoxy) is 2. The predicted molar refractivity (Wildman–Crippen MR) is 129 cm³/mol. The third-order valence-corrected chi connectivity index (χ3v) is 5.42. The largest absolute Gasteiger partial charge is 0.465 e. The van der Waals surface area contributed by atoms with Crippen molar-refractivity contribution in [2.45, 2.75) is 59.5 Å². The van der Waals surface area contributed by atoms with Crippen LogP contribution < -0.4 is 0 Å². The molecule has 0 saturated carbocycles. The van der Waals surface area contributed by atoms with E-state index in [2.05, 4.69) is 69.9 Å². The molecule has 1 aliphatic heterocycles. The molecule has 0 amide bonds. The van der Waals surface area contributed by atoms with Crippen molar-refractivity contribution in [1.82, 2.24) is 19.7 Å². The van der Waals surface area contributed by atoms with Gasteiger partial charge in [0.05, 0.1) is 18.6 Å². The standard InChI is InChI=1S/C26H36N4O2/c1-4-6-15-29(19-23-12-11-17-31-21-32-22(3)18-23)20-25-27-28-26(30(25)16-7-5-2)24-13-9-8-10-14-24/h8-14,17-18H,4-7,15-16,19-21H2,1-3H3/b17-11+,22-18+,23-12+. The van der Waals surface area contributed by atoms with Gasteiger partial charge < -0.3 is 14.0 Å². The van der Waals surface area contributed by atoms with Crippen molar-refractivity contribution in [2.75, 3.05) is 19.9 Å². The number of allylic oxidation sites excluding steroid dienone is 3. The van der Waals surface area contributed by atoms with Crippen LogP contribution in [-0.4, -0.2) is 39.5 Å². The van der Waals surface area contributed by atoms with Crippen molar-refractivity contribution in [3.8, 4) is 11.4 Å². The maximum atomic E-state index is 5.59. The summed E-state index contributed by atoms with van der Waals surface area (Å²) >= 11 is 0. The molecule has 0 bridgehead atoms. The zero-order chi connectivity index (χ0) is 22.6. The van der Waals surface area contributed by atoms with E-state index in [1.54, 1.807) is 6.26 Å². The molecular weight excluding hydrogens is 400 g/mol. The first-order valence-electron chi connectivity index (χ1n) is 11.7. The van der Waals surface area contributed by atoms with E-state index in [-0.39, 0.29) is 6.79 Å². The van der Waals surface area contributed by atoms with Crippen LogP contribution in [0.1, 0.15) is 52.3 Å². The third-order valence-electron chi connectivity index (χ3n) is 5.42. The number of aromatic nitrogens is 3. The lowest BCUT2D eigenvalue weighted by molar-refractivity contribution is 0.0299. The van der Waals surface area contributed by atoms with Gasteiger partial charge in [-0.2, -0.15) is 0 Å². The molecule has 6 heteroatoms. The Morgan fingerprint density at radius 3 is 2.62 bits per heavy atom.